The van der Waals surface area contributed by atoms with Crippen LogP contribution in [0.4, 0.5) is 0 Å². The molecule has 2 aromatic rings. The summed E-state index contributed by atoms with van der Waals surface area (Å²) in [4.78, 5) is 20.2. The highest BCUT2D eigenvalue weighted by atomic mass is 127. The van der Waals surface area contributed by atoms with E-state index in [1.807, 2.05) is 23.5 Å². The number of hydrogen-bond acceptors (Lipinski definition) is 5. The van der Waals surface area contributed by atoms with Crippen molar-refractivity contribution < 1.29 is 9.53 Å². The molecule has 3 rings (SSSR count). The molecule has 1 aromatic carbocycles. The summed E-state index contributed by atoms with van der Waals surface area (Å²) in [6.07, 6.45) is 2.44. The highest BCUT2D eigenvalue weighted by molar-refractivity contribution is 14.0. The van der Waals surface area contributed by atoms with Crippen molar-refractivity contribution in [1.82, 2.24) is 15.5 Å². The molecular formula is C23H33IN4O2S. The fourth-order valence-corrected chi connectivity index (χ4v) is 4.97. The molecule has 0 radical (unpaired) electrons. The highest BCUT2D eigenvalue weighted by Gasteiger charge is 2.31. The Bertz CT molecular complexity index is 827. The standard InChI is InChI=1S/C23H32N4O2S.HI/c1-4-24-23(25-15-17-9-11-18(12-10-17)22(28)29-3)26-16-19-7-5-13-27(2)21(19)20-8-6-14-30-20;/h6,8-12,14,19,21H,4-5,7,13,15-16H2,1-3H3,(H2,24,25,26);1H. The van der Waals surface area contributed by atoms with Crippen LogP contribution >= 0.6 is 35.3 Å². The summed E-state index contributed by atoms with van der Waals surface area (Å²) in [5.74, 6) is 1.05. The van der Waals surface area contributed by atoms with E-state index in [0.29, 0.717) is 24.1 Å². The Morgan fingerprint density at radius 1 is 1.26 bits per heavy atom. The number of ether oxygens (including phenoxy) is 1. The molecule has 1 aliphatic heterocycles. The van der Waals surface area contributed by atoms with Crippen LogP contribution in [0, 0.1) is 5.92 Å². The zero-order chi connectivity index (χ0) is 21.3. The van der Waals surface area contributed by atoms with Crippen LogP contribution in [-0.4, -0.2) is 50.6 Å². The first-order valence-corrected chi connectivity index (χ1v) is 11.4. The van der Waals surface area contributed by atoms with Crippen molar-refractivity contribution in [1.29, 1.82) is 0 Å². The van der Waals surface area contributed by atoms with Crippen molar-refractivity contribution in [3.8, 4) is 0 Å². The van der Waals surface area contributed by atoms with E-state index in [4.69, 9.17) is 9.73 Å². The van der Waals surface area contributed by atoms with Gasteiger partial charge in [0.15, 0.2) is 5.96 Å². The number of halogens is 1. The summed E-state index contributed by atoms with van der Waals surface area (Å²) in [6, 6.07) is 12.2. The van der Waals surface area contributed by atoms with Gasteiger partial charge in [0, 0.05) is 24.0 Å². The van der Waals surface area contributed by atoms with Crippen molar-refractivity contribution in [2.45, 2.75) is 32.4 Å². The maximum absolute atomic E-state index is 11.6. The molecule has 0 saturated carbocycles. The third-order valence-corrected chi connectivity index (χ3v) is 6.46. The lowest BCUT2D eigenvalue weighted by molar-refractivity contribution is 0.0600. The number of benzene rings is 1. The van der Waals surface area contributed by atoms with Crippen molar-refractivity contribution in [2.75, 3.05) is 33.8 Å². The average molecular weight is 557 g/mol. The molecule has 1 fully saturated rings. The van der Waals surface area contributed by atoms with Crippen molar-refractivity contribution in [2.24, 2.45) is 10.9 Å². The van der Waals surface area contributed by atoms with E-state index in [0.717, 1.165) is 31.2 Å². The fourth-order valence-electron chi connectivity index (χ4n) is 3.99. The summed E-state index contributed by atoms with van der Waals surface area (Å²) in [7, 11) is 3.62. The van der Waals surface area contributed by atoms with Gasteiger partial charge in [0.1, 0.15) is 0 Å². The molecule has 0 bridgehead atoms. The van der Waals surface area contributed by atoms with Gasteiger partial charge >= 0.3 is 5.97 Å². The largest absolute Gasteiger partial charge is 0.465 e. The van der Waals surface area contributed by atoms with Gasteiger partial charge in [0.2, 0.25) is 0 Å². The molecule has 6 nitrogen and oxygen atoms in total. The number of nitrogens with one attached hydrogen (secondary N) is 2. The van der Waals surface area contributed by atoms with Crippen LogP contribution in [0.25, 0.3) is 0 Å². The van der Waals surface area contributed by atoms with Crippen LogP contribution in [0.1, 0.15) is 46.6 Å². The number of likely N-dealkylation sites (tertiary alicyclic amines) is 1. The summed E-state index contributed by atoms with van der Waals surface area (Å²) >= 11 is 1.85. The number of methoxy groups -OCH3 is 1. The molecule has 1 aliphatic rings. The lowest BCUT2D eigenvalue weighted by atomic mass is 9.88. The van der Waals surface area contributed by atoms with Crippen LogP contribution in [0.2, 0.25) is 0 Å². The van der Waals surface area contributed by atoms with E-state index in [9.17, 15) is 4.79 Å². The van der Waals surface area contributed by atoms with E-state index in [2.05, 4.69) is 47.0 Å². The lowest BCUT2D eigenvalue weighted by Crippen LogP contribution is -2.44. The van der Waals surface area contributed by atoms with Crippen LogP contribution in [0.3, 0.4) is 0 Å². The topological polar surface area (TPSA) is 66.0 Å². The number of hydrogen-bond donors (Lipinski definition) is 2. The zero-order valence-corrected chi connectivity index (χ0v) is 21.6. The van der Waals surface area contributed by atoms with Crippen molar-refractivity contribution >= 4 is 47.2 Å². The van der Waals surface area contributed by atoms with Crippen molar-refractivity contribution in [3.63, 3.8) is 0 Å². The molecule has 31 heavy (non-hydrogen) atoms. The molecule has 2 heterocycles. The number of carbonyl (C=O) groups excluding carboxylic acids is 1. The lowest BCUT2D eigenvalue weighted by Gasteiger charge is -2.39. The van der Waals surface area contributed by atoms with E-state index < -0.39 is 0 Å². The smallest absolute Gasteiger partial charge is 0.337 e. The Kier molecular flexibility index (Phi) is 10.8. The van der Waals surface area contributed by atoms with Gasteiger partial charge in [-0.3, -0.25) is 4.90 Å². The Balaban J connectivity index is 0.00000341. The molecule has 0 spiro atoms. The Morgan fingerprint density at radius 3 is 2.68 bits per heavy atom. The number of piperidine rings is 1. The number of esters is 1. The number of aliphatic imine (C=N–C) groups is 1. The molecule has 0 amide bonds. The van der Waals surface area contributed by atoms with Gasteiger partial charge in [-0.25, -0.2) is 9.79 Å². The third kappa shape index (κ3) is 7.18. The van der Waals surface area contributed by atoms with Crippen LogP contribution in [0.5, 0.6) is 0 Å². The van der Waals surface area contributed by atoms with Gasteiger partial charge < -0.3 is 15.4 Å². The second-order valence-electron chi connectivity index (χ2n) is 7.61. The first-order valence-electron chi connectivity index (χ1n) is 10.6. The molecule has 2 unspecified atom stereocenters. The Morgan fingerprint density at radius 2 is 2.03 bits per heavy atom. The Hall–Kier alpha value is -1.65. The molecule has 2 N–H and O–H groups in total. The highest BCUT2D eigenvalue weighted by Crippen LogP contribution is 2.36. The minimum absolute atomic E-state index is 0. The van der Waals surface area contributed by atoms with E-state index in [1.54, 1.807) is 12.1 Å². The van der Waals surface area contributed by atoms with Crippen LogP contribution < -0.4 is 10.6 Å². The molecule has 2 atom stereocenters. The van der Waals surface area contributed by atoms with E-state index in [1.165, 1.54) is 24.8 Å². The van der Waals surface area contributed by atoms with E-state index >= 15 is 0 Å². The maximum atomic E-state index is 11.6. The van der Waals surface area contributed by atoms with Gasteiger partial charge in [0.05, 0.1) is 19.2 Å². The minimum Gasteiger partial charge on any atom is -0.465 e. The van der Waals surface area contributed by atoms with Crippen LogP contribution in [-0.2, 0) is 11.3 Å². The summed E-state index contributed by atoms with van der Waals surface area (Å²) < 4.78 is 4.75. The predicted octanol–water partition coefficient (Wildman–Crippen LogP) is 4.29. The molecule has 1 saturated heterocycles. The zero-order valence-electron chi connectivity index (χ0n) is 18.5. The van der Waals surface area contributed by atoms with Gasteiger partial charge in [-0.1, -0.05) is 18.2 Å². The average Bonchev–Trinajstić information content (AvgIpc) is 3.30. The summed E-state index contributed by atoms with van der Waals surface area (Å²) in [6.45, 7) is 5.47. The number of nitrogens with zero attached hydrogens (tertiary/aromatic N) is 2. The molecular weight excluding hydrogens is 523 g/mol. The number of thiophene rings is 1. The summed E-state index contributed by atoms with van der Waals surface area (Å²) in [5.41, 5.74) is 1.60. The first kappa shape index (κ1) is 25.6. The predicted molar refractivity (Wildman–Crippen MR) is 138 cm³/mol. The number of rotatable bonds is 7. The first-order chi connectivity index (χ1) is 14.6. The van der Waals surface area contributed by atoms with Crippen molar-refractivity contribution in [3.05, 3.63) is 57.8 Å². The van der Waals surface area contributed by atoms with Gasteiger partial charge in [-0.15, -0.1) is 35.3 Å². The SMILES string of the molecule is CCNC(=NCc1ccc(C(=O)OC)cc1)NCC1CCCN(C)C1c1cccs1.I. The van der Waals surface area contributed by atoms with Gasteiger partial charge in [-0.05, 0) is 68.4 Å². The second-order valence-corrected chi connectivity index (χ2v) is 8.59. The van der Waals surface area contributed by atoms with E-state index in [-0.39, 0.29) is 29.9 Å². The molecule has 8 heteroatoms. The molecule has 0 aliphatic carbocycles. The number of carbonyl (C=O) groups is 1. The van der Waals surface area contributed by atoms with Gasteiger partial charge in [-0.2, -0.15) is 0 Å². The quantitative estimate of drug-likeness (QED) is 0.231. The van der Waals surface area contributed by atoms with Gasteiger partial charge in [0.25, 0.3) is 0 Å². The fraction of sp³-hybridized carbons (Fsp3) is 0.478. The maximum Gasteiger partial charge on any atom is 0.337 e. The Labute approximate surface area is 206 Å². The molecule has 170 valence electrons. The normalized spacial score (nSPS) is 19.4. The monoisotopic (exact) mass is 556 g/mol. The minimum atomic E-state index is -0.321. The number of guanidine groups is 1. The summed E-state index contributed by atoms with van der Waals surface area (Å²) in [5, 5.41) is 9.07. The second kappa shape index (κ2) is 13.0. The third-order valence-electron chi connectivity index (χ3n) is 5.51. The van der Waals surface area contributed by atoms with Crippen LogP contribution in [0.15, 0.2) is 46.8 Å². The molecule has 1 aromatic heterocycles.